The molecule has 1 unspecified atom stereocenters. The van der Waals surface area contributed by atoms with Crippen molar-refractivity contribution in [3.63, 3.8) is 0 Å². The van der Waals surface area contributed by atoms with Gasteiger partial charge in [-0.2, -0.15) is 0 Å². The molecule has 190 valence electrons. The van der Waals surface area contributed by atoms with Crippen molar-refractivity contribution in [2.75, 3.05) is 5.75 Å². The van der Waals surface area contributed by atoms with Gasteiger partial charge in [0.1, 0.15) is 0 Å². The molecule has 1 aliphatic heterocycles. The van der Waals surface area contributed by atoms with Crippen LogP contribution in [0, 0.1) is 0 Å². The summed E-state index contributed by atoms with van der Waals surface area (Å²) in [5.41, 5.74) is 3.91. The topological polar surface area (TPSA) is 22.9 Å². The zero-order valence-electron chi connectivity index (χ0n) is 21.4. The number of thioether (sulfide) groups is 1. The van der Waals surface area contributed by atoms with E-state index in [0.717, 1.165) is 27.1 Å². The van der Waals surface area contributed by atoms with E-state index in [9.17, 15) is 0 Å². The molecular weight excluding hydrogens is 577 g/mol. The Kier molecular flexibility index (Phi) is 5.81. The second-order valence-corrected chi connectivity index (χ2v) is 13.2. The Morgan fingerprint density at radius 1 is 0.842 bits per heavy atom. The molecule has 4 aromatic carbocycles. The van der Waals surface area contributed by atoms with Crippen molar-refractivity contribution in [1.29, 1.82) is 0 Å². The van der Waals surface area contributed by atoms with Gasteiger partial charge in [-0.1, -0.05) is 60.1 Å². The lowest BCUT2D eigenvalue weighted by molar-refractivity contribution is -0.0110. The SMILES string of the molecule is CC1(C)OB(c2cc3c4ccccc4n4c5ccccc5c(c2)c34)OC1(C)CCSc1ccc(Cl)cc1Br. The van der Waals surface area contributed by atoms with Crippen LogP contribution in [0.1, 0.15) is 27.2 Å². The number of hydrogen-bond donors (Lipinski definition) is 0. The fourth-order valence-electron chi connectivity index (χ4n) is 5.85. The van der Waals surface area contributed by atoms with Gasteiger partial charge in [0.15, 0.2) is 0 Å². The maximum absolute atomic E-state index is 6.80. The lowest BCUT2D eigenvalue weighted by Gasteiger charge is -2.36. The lowest BCUT2D eigenvalue weighted by atomic mass is 9.77. The van der Waals surface area contributed by atoms with Gasteiger partial charge in [0.2, 0.25) is 0 Å². The zero-order chi connectivity index (χ0) is 26.2. The average Bonchev–Trinajstić information content (AvgIpc) is 3.49. The van der Waals surface area contributed by atoms with E-state index in [1.54, 1.807) is 11.8 Å². The fourth-order valence-corrected chi connectivity index (χ4v) is 7.94. The van der Waals surface area contributed by atoms with Gasteiger partial charge < -0.3 is 13.7 Å². The smallest absolute Gasteiger partial charge is 0.399 e. The maximum Gasteiger partial charge on any atom is 0.494 e. The van der Waals surface area contributed by atoms with Gasteiger partial charge in [-0.3, -0.25) is 0 Å². The van der Waals surface area contributed by atoms with E-state index in [1.807, 2.05) is 12.1 Å². The van der Waals surface area contributed by atoms with Crippen molar-refractivity contribution in [2.24, 2.45) is 0 Å². The Hall–Kier alpha value is -2.22. The summed E-state index contributed by atoms with van der Waals surface area (Å²) < 4.78 is 16.9. The van der Waals surface area contributed by atoms with Gasteiger partial charge in [0, 0.05) is 41.7 Å². The monoisotopic (exact) mass is 601 g/mol. The predicted molar refractivity (Wildman–Crippen MR) is 166 cm³/mol. The standard InChI is InChI=1S/C31H26BBrClNO2S/c1-30(2)31(3,14-15-38-28-13-12-20(34)18-25(28)33)37-32(36-30)19-16-23-21-8-4-6-10-26(21)35-27-11-7-5-9-22(27)24(17-19)29(23)35/h4-13,16-18H,14-15H2,1-3H3. The van der Waals surface area contributed by atoms with Crippen LogP contribution in [0.2, 0.25) is 5.02 Å². The van der Waals surface area contributed by atoms with Crippen LogP contribution in [-0.2, 0) is 9.31 Å². The van der Waals surface area contributed by atoms with Crippen molar-refractivity contribution >= 4 is 90.0 Å². The number of hydrogen-bond acceptors (Lipinski definition) is 3. The van der Waals surface area contributed by atoms with Crippen LogP contribution in [0.4, 0.5) is 0 Å². The molecule has 0 spiro atoms. The highest BCUT2D eigenvalue weighted by Gasteiger charge is 2.54. The number of benzene rings is 4. The number of rotatable bonds is 5. The van der Waals surface area contributed by atoms with Crippen LogP contribution in [0.15, 0.2) is 88.2 Å². The van der Waals surface area contributed by atoms with Gasteiger partial charge in [-0.25, -0.2) is 0 Å². The third-order valence-corrected chi connectivity index (χ3v) is 10.5. The average molecular weight is 603 g/mol. The van der Waals surface area contributed by atoms with E-state index in [2.05, 4.69) is 108 Å². The highest BCUT2D eigenvalue weighted by molar-refractivity contribution is 9.10. The third-order valence-electron chi connectivity index (χ3n) is 8.27. The van der Waals surface area contributed by atoms with Crippen LogP contribution < -0.4 is 5.46 Å². The van der Waals surface area contributed by atoms with Gasteiger partial charge in [0.25, 0.3) is 0 Å². The molecule has 6 aromatic rings. The first-order chi connectivity index (χ1) is 18.3. The van der Waals surface area contributed by atoms with Crippen LogP contribution in [0.3, 0.4) is 0 Å². The van der Waals surface area contributed by atoms with E-state index in [1.165, 1.54) is 43.0 Å². The van der Waals surface area contributed by atoms with E-state index in [-0.39, 0.29) is 0 Å². The normalized spacial score (nSPS) is 19.6. The highest BCUT2D eigenvalue weighted by atomic mass is 79.9. The molecule has 1 aliphatic rings. The van der Waals surface area contributed by atoms with E-state index in [4.69, 9.17) is 20.9 Å². The van der Waals surface area contributed by atoms with E-state index >= 15 is 0 Å². The summed E-state index contributed by atoms with van der Waals surface area (Å²) in [4.78, 5) is 1.18. The molecule has 7 heteroatoms. The summed E-state index contributed by atoms with van der Waals surface area (Å²) in [7, 11) is -0.433. The van der Waals surface area contributed by atoms with E-state index < -0.39 is 18.3 Å². The molecule has 2 aromatic heterocycles. The molecule has 3 heterocycles. The van der Waals surface area contributed by atoms with Crippen LogP contribution in [0.25, 0.3) is 38.1 Å². The Morgan fingerprint density at radius 2 is 1.47 bits per heavy atom. The number of fused-ring (bicyclic) bond motifs is 6. The summed E-state index contributed by atoms with van der Waals surface area (Å²) in [6, 6.07) is 27.8. The molecule has 1 fully saturated rings. The van der Waals surface area contributed by atoms with Gasteiger partial charge in [0.05, 0.1) is 27.8 Å². The minimum atomic E-state index is -0.448. The molecule has 1 atom stereocenters. The molecule has 0 radical (unpaired) electrons. The molecule has 0 saturated carbocycles. The number of halogens is 2. The first-order valence-electron chi connectivity index (χ1n) is 12.9. The Labute approximate surface area is 240 Å². The number of aromatic nitrogens is 1. The first kappa shape index (κ1) is 24.8. The molecule has 0 N–H and O–H groups in total. The molecular formula is C31H26BBrClNO2S. The van der Waals surface area contributed by atoms with Crippen molar-refractivity contribution in [3.8, 4) is 0 Å². The fraction of sp³-hybridized carbons (Fsp3) is 0.226. The minimum absolute atomic E-state index is 0.433. The van der Waals surface area contributed by atoms with Gasteiger partial charge >= 0.3 is 7.12 Å². The van der Waals surface area contributed by atoms with Crippen molar-refractivity contribution in [1.82, 2.24) is 4.40 Å². The summed E-state index contributed by atoms with van der Waals surface area (Å²) >= 11 is 11.6. The van der Waals surface area contributed by atoms with E-state index in [0.29, 0.717) is 0 Å². The molecule has 0 amide bonds. The Morgan fingerprint density at radius 3 is 2.11 bits per heavy atom. The first-order valence-corrected chi connectivity index (χ1v) is 15.0. The number of para-hydroxylation sites is 2. The summed E-state index contributed by atoms with van der Waals surface area (Å²) in [5.74, 6) is 0.904. The highest BCUT2D eigenvalue weighted by Crippen LogP contribution is 2.43. The third kappa shape index (κ3) is 3.72. The Balaban J connectivity index is 1.26. The molecule has 3 nitrogen and oxygen atoms in total. The maximum atomic E-state index is 6.80. The second-order valence-electron chi connectivity index (χ2n) is 10.8. The van der Waals surface area contributed by atoms with Crippen molar-refractivity contribution in [2.45, 2.75) is 43.3 Å². The van der Waals surface area contributed by atoms with Crippen molar-refractivity contribution < 1.29 is 9.31 Å². The lowest BCUT2D eigenvalue weighted by Crippen LogP contribution is -2.45. The van der Waals surface area contributed by atoms with Gasteiger partial charge in [-0.05, 0) is 78.9 Å². The molecule has 38 heavy (non-hydrogen) atoms. The molecule has 7 rings (SSSR count). The molecule has 1 saturated heterocycles. The summed E-state index contributed by atoms with van der Waals surface area (Å²) in [6.07, 6.45) is 0.855. The van der Waals surface area contributed by atoms with Crippen molar-refractivity contribution in [3.05, 3.63) is 88.4 Å². The second kappa shape index (κ2) is 8.90. The van der Waals surface area contributed by atoms with Crippen LogP contribution in [-0.4, -0.2) is 28.5 Å². The van der Waals surface area contributed by atoms with Gasteiger partial charge in [-0.15, -0.1) is 11.8 Å². The van der Waals surface area contributed by atoms with Crippen LogP contribution >= 0.6 is 39.3 Å². The minimum Gasteiger partial charge on any atom is -0.399 e. The largest absolute Gasteiger partial charge is 0.494 e. The molecule has 0 aliphatic carbocycles. The zero-order valence-corrected chi connectivity index (χ0v) is 24.6. The summed E-state index contributed by atoms with van der Waals surface area (Å²) in [5, 5.41) is 5.72. The quantitative estimate of drug-likeness (QED) is 0.146. The van der Waals surface area contributed by atoms with Crippen LogP contribution in [0.5, 0.6) is 0 Å². The predicted octanol–water partition coefficient (Wildman–Crippen LogP) is 8.71. The summed E-state index contributed by atoms with van der Waals surface area (Å²) in [6.45, 7) is 6.48. The Bertz CT molecular complexity index is 1770. The molecule has 0 bridgehead atoms. The number of nitrogens with zero attached hydrogens (tertiary/aromatic N) is 1.